The molecule has 0 fully saturated rings. The van der Waals surface area contributed by atoms with Gasteiger partial charge in [0.15, 0.2) is 6.61 Å². The van der Waals surface area contributed by atoms with Crippen molar-refractivity contribution in [3.8, 4) is 5.75 Å². The van der Waals surface area contributed by atoms with Gasteiger partial charge in [-0.1, -0.05) is 48.6 Å². The Kier molecular flexibility index (Phi) is 6.45. The van der Waals surface area contributed by atoms with Crippen molar-refractivity contribution in [1.29, 1.82) is 0 Å². The summed E-state index contributed by atoms with van der Waals surface area (Å²) in [4.78, 5) is 11.4. The Morgan fingerprint density at radius 1 is 1.19 bits per heavy atom. The summed E-state index contributed by atoms with van der Waals surface area (Å²) >= 11 is 0. The summed E-state index contributed by atoms with van der Waals surface area (Å²) in [6.07, 6.45) is 6.42. The van der Waals surface area contributed by atoms with Crippen molar-refractivity contribution >= 4 is 12.0 Å². The lowest BCUT2D eigenvalue weighted by Crippen LogP contribution is -2.26. The quantitative estimate of drug-likeness (QED) is 0.772. The van der Waals surface area contributed by atoms with Crippen LogP contribution in [0.5, 0.6) is 5.75 Å². The molecule has 0 amide bonds. The fourth-order valence-corrected chi connectivity index (χ4v) is 3.03. The molecule has 2 aromatic rings. The first kappa shape index (κ1) is 18.2. The van der Waals surface area contributed by atoms with E-state index in [1.165, 1.54) is 11.1 Å². The van der Waals surface area contributed by atoms with Gasteiger partial charge in [0.1, 0.15) is 5.75 Å². The number of ether oxygens (including phenoxy) is 2. The number of rotatable bonds is 7. The van der Waals surface area contributed by atoms with Crippen molar-refractivity contribution in [3.63, 3.8) is 0 Å². The molecule has 0 spiro atoms. The number of nitrogens with one attached hydrogen (secondary N) is 1. The summed E-state index contributed by atoms with van der Waals surface area (Å²) in [6, 6.07) is 16.8. The second kappa shape index (κ2) is 9.20. The van der Waals surface area contributed by atoms with Crippen LogP contribution in [0.4, 0.5) is 0 Å². The second-order valence-corrected chi connectivity index (χ2v) is 6.33. The van der Waals surface area contributed by atoms with E-state index < -0.39 is 0 Å². The van der Waals surface area contributed by atoms with E-state index in [0.29, 0.717) is 18.4 Å². The van der Waals surface area contributed by atoms with Gasteiger partial charge in [0.25, 0.3) is 0 Å². The zero-order valence-electron chi connectivity index (χ0n) is 15.1. The van der Waals surface area contributed by atoms with E-state index in [-0.39, 0.29) is 12.6 Å². The molecule has 0 saturated heterocycles. The molecule has 1 N–H and O–H groups in total. The van der Waals surface area contributed by atoms with E-state index in [0.717, 1.165) is 24.9 Å². The van der Waals surface area contributed by atoms with Gasteiger partial charge in [0, 0.05) is 12.6 Å². The normalized spacial score (nSPS) is 15.8. The first-order chi connectivity index (χ1) is 12.7. The fourth-order valence-electron chi connectivity index (χ4n) is 3.03. The van der Waals surface area contributed by atoms with E-state index in [9.17, 15) is 4.79 Å². The molecule has 0 bridgehead atoms. The lowest BCUT2D eigenvalue weighted by molar-refractivity contribution is -0.145. The summed E-state index contributed by atoms with van der Waals surface area (Å²) in [5.41, 5.74) is 3.74. The largest absolute Gasteiger partial charge is 0.482 e. The van der Waals surface area contributed by atoms with Crippen molar-refractivity contribution in [2.24, 2.45) is 0 Å². The maximum atomic E-state index is 11.4. The monoisotopic (exact) mass is 351 g/mol. The van der Waals surface area contributed by atoms with E-state index in [1.54, 1.807) is 6.92 Å². The number of esters is 1. The number of fused-ring (bicyclic) bond motifs is 1. The van der Waals surface area contributed by atoms with Gasteiger partial charge in [-0.3, -0.25) is 0 Å². The Hall–Kier alpha value is -2.59. The third-order valence-electron chi connectivity index (χ3n) is 4.42. The van der Waals surface area contributed by atoms with Crippen LogP contribution in [0.1, 0.15) is 30.0 Å². The highest BCUT2D eigenvalue weighted by atomic mass is 16.6. The van der Waals surface area contributed by atoms with Crippen LogP contribution in [0.2, 0.25) is 0 Å². The molecule has 3 rings (SSSR count). The van der Waals surface area contributed by atoms with Gasteiger partial charge in [-0.25, -0.2) is 4.79 Å². The van der Waals surface area contributed by atoms with Gasteiger partial charge >= 0.3 is 5.97 Å². The fraction of sp³-hybridized carbons (Fsp3) is 0.318. The van der Waals surface area contributed by atoms with Gasteiger partial charge in [-0.05, 0) is 48.6 Å². The highest BCUT2D eigenvalue weighted by molar-refractivity contribution is 5.71. The van der Waals surface area contributed by atoms with Crippen molar-refractivity contribution in [2.45, 2.75) is 32.4 Å². The van der Waals surface area contributed by atoms with Crippen LogP contribution >= 0.6 is 0 Å². The Bertz CT molecular complexity index is 755. The van der Waals surface area contributed by atoms with Crippen LogP contribution in [0.3, 0.4) is 0 Å². The van der Waals surface area contributed by atoms with Crippen LogP contribution in [0.25, 0.3) is 6.08 Å². The molecule has 0 saturated carbocycles. The summed E-state index contributed by atoms with van der Waals surface area (Å²) < 4.78 is 10.4. The molecular weight excluding hydrogens is 326 g/mol. The Balaban J connectivity index is 1.58. The predicted octanol–water partition coefficient (Wildman–Crippen LogP) is 3.75. The van der Waals surface area contributed by atoms with E-state index in [2.05, 4.69) is 47.8 Å². The number of hydrogen-bond acceptors (Lipinski definition) is 4. The van der Waals surface area contributed by atoms with Gasteiger partial charge in [0.05, 0.1) is 6.61 Å². The minimum absolute atomic E-state index is 0.0579. The maximum absolute atomic E-state index is 11.4. The Morgan fingerprint density at radius 2 is 2.04 bits per heavy atom. The van der Waals surface area contributed by atoms with Crippen LogP contribution < -0.4 is 10.1 Å². The lowest BCUT2D eigenvalue weighted by Gasteiger charge is -2.13. The summed E-state index contributed by atoms with van der Waals surface area (Å²) in [5.74, 6) is 0.348. The van der Waals surface area contributed by atoms with Crippen molar-refractivity contribution in [1.82, 2.24) is 5.32 Å². The third-order valence-corrected chi connectivity index (χ3v) is 4.42. The Morgan fingerprint density at radius 3 is 2.85 bits per heavy atom. The number of aryl methyl sites for hydroxylation is 1. The third kappa shape index (κ3) is 5.20. The van der Waals surface area contributed by atoms with Crippen molar-refractivity contribution in [2.75, 3.05) is 13.2 Å². The molecule has 26 heavy (non-hydrogen) atoms. The van der Waals surface area contributed by atoms with Crippen LogP contribution in [0.15, 0.2) is 54.6 Å². The number of carbonyl (C=O) groups is 1. The first-order valence-corrected chi connectivity index (χ1v) is 9.11. The van der Waals surface area contributed by atoms with Crippen LogP contribution in [-0.4, -0.2) is 25.2 Å². The van der Waals surface area contributed by atoms with E-state index >= 15 is 0 Å². The number of benzene rings is 2. The van der Waals surface area contributed by atoms with Crippen LogP contribution in [0, 0.1) is 0 Å². The molecule has 1 aliphatic rings. The average molecular weight is 351 g/mol. The predicted molar refractivity (Wildman–Crippen MR) is 103 cm³/mol. The second-order valence-electron chi connectivity index (χ2n) is 6.33. The molecule has 0 aliphatic heterocycles. The first-order valence-electron chi connectivity index (χ1n) is 9.11. The van der Waals surface area contributed by atoms with Gasteiger partial charge < -0.3 is 14.8 Å². The molecule has 1 aliphatic carbocycles. The molecular formula is C22H25NO3. The van der Waals surface area contributed by atoms with Crippen molar-refractivity contribution in [3.05, 3.63) is 71.3 Å². The average Bonchev–Trinajstić information content (AvgIpc) is 2.88. The minimum atomic E-state index is -0.344. The molecule has 1 unspecified atom stereocenters. The smallest absolute Gasteiger partial charge is 0.344 e. The molecule has 4 heteroatoms. The van der Waals surface area contributed by atoms with Gasteiger partial charge in [-0.2, -0.15) is 0 Å². The van der Waals surface area contributed by atoms with Gasteiger partial charge in [0.2, 0.25) is 0 Å². The standard InChI is InChI=1S/C22H25NO3/c1-2-25-22(24)16-26-21-13-10-18-8-11-20(12-9-19(18)14-21)23-15-17-6-4-3-5-7-17/h3-7,9-10,12-14,20,23H,2,8,11,15-16H2,1H3. The molecule has 4 nitrogen and oxygen atoms in total. The zero-order valence-corrected chi connectivity index (χ0v) is 15.1. The molecule has 0 radical (unpaired) electrons. The van der Waals surface area contributed by atoms with Crippen LogP contribution in [-0.2, 0) is 22.5 Å². The SMILES string of the molecule is CCOC(=O)COc1ccc2c(c1)C=CC(NCc1ccccc1)CC2. The highest BCUT2D eigenvalue weighted by Crippen LogP contribution is 2.24. The van der Waals surface area contributed by atoms with Gasteiger partial charge in [-0.15, -0.1) is 0 Å². The number of carbonyl (C=O) groups excluding carboxylic acids is 1. The van der Waals surface area contributed by atoms with E-state index in [1.807, 2.05) is 18.2 Å². The maximum Gasteiger partial charge on any atom is 0.344 e. The molecule has 0 aromatic heterocycles. The van der Waals surface area contributed by atoms with Crippen molar-refractivity contribution < 1.29 is 14.3 Å². The Labute approximate surface area is 154 Å². The zero-order chi connectivity index (χ0) is 18.2. The molecule has 2 aromatic carbocycles. The summed E-state index contributed by atoms with van der Waals surface area (Å²) in [7, 11) is 0. The molecule has 0 heterocycles. The summed E-state index contributed by atoms with van der Waals surface area (Å²) in [5, 5.41) is 3.60. The lowest BCUT2D eigenvalue weighted by atomic mass is 10.0. The molecule has 136 valence electrons. The topological polar surface area (TPSA) is 47.6 Å². The minimum Gasteiger partial charge on any atom is -0.482 e. The van der Waals surface area contributed by atoms with E-state index in [4.69, 9.17) is 9.47 Å². The highest BCUT2D eigenvalue weighted by Gasteiger charge is 2.12. The molecule has 1 atom stereocenters. The number of hydrogen-bond donors (Lipinski definition) is 1. The summed E-state index contributed by atoms with van der Waals surface area (Å²) in [6.45, 7) is 2.96.